The van der Waals surface area contributed by atoms with Crippen molar-refractivity contribution in [1.82, 2.24) is 4.98 Å². The van der Waals surface area contributed by atoms with Gasteiger partial charge in [0, 0.05) is 24.4 Å². The van der Waals surface area contributed by atoms with Crippen LogP contribution < -0.4 is 10.1 Å². The van der Waals surface area contributed by atoms with E-state index in [1.807, 2.05) is 12.1 Å². The first-order chi connectivity index (χ1) is 10.1. The van der Waals surface area contributed by atoms with Gasteiger partial charge in [0.05, 0.1) is 6.10 Å². The molecule has 2 N–H and O–H groups in total. The third-order valence-electron chi connectivity index (χ3n) is 3.44. The molecule has 1 aliphatic heterocycles. The van der Waals surface area contributed by atoms with Gasteiger partial charge in [0.1, 0.15) is 5.75 Å². The third kappa shape index (κ3) is 3.03. The van der Waals surface area contributed by atoms with E-state index in [2.05, 4.69) is 10.3 Å². The molecule has 0 saturated heterocycles. The number of nitrogens with one attached hydrogen (secondary N) is 1. The smallest absolute Gasteiger partial charge is 0.224 e. The van der Waals surface area contributed by atoms with E-state index in [0.29, 0.717) is 24.5 Å². The van der Waals surface area contributed by atoms with Crippen molar-refractivity contribution in [3.8, 4) is 11.6 Å². The first-order valence-electron chi connectivity index (χ1n) is 6.86. The van der Waals surface area contributed by atoms with Crippen molar-refractivity contribution >= 4 is 11.6 Å². The molecule has 3 rings (SSSR count). The second-order valence-corrected chi connectivity index (χ2v) is 5.07. The first-order valence-corrected chi connectivity index (χ1v) is 6.86. The maximum absolute atomic E-state index is 11.3. The van der Waals surface area contributed by atoms with Gasteiger partial charge in [0.25, 0.3) is 0 Å². The lowest BCUT2D eigenvalue weighted by Crippen LogP contribution is -2.18. The van der Waals surface area contributed by atoms with Crippen LogP contribution in [-0.4, -0.2) is 16.0 Å². The second kappa shape index (κ2) is 5.54. The number of carbonyl (C=O) groups is 1. The van der Waals surface area contributed by atoms with Crippen molar-refractivity contribution in [3.05, 3.63) is 47.7 Å². The van der Waals surface area contributed by atoms with E-state index in [4.69, 9.17) is 4.74 Å². The van der Waals surface area contributed by atoms with E-state index >= 15 is 0 Å². The van der Waals surface area contributed by atoms with E-state index < -0.39 is 6.10 Å². The van der Waals surface area contributed by atoms with Gasteiger partial charge in [-0.05, 0) is 48.7 Å². The summed E-state index contributed by atoms with van der Waals surface area (Å²) in [7, 11) is 0. The molecule has 5 heteroatoms. The average Bonchev–Trinajstić information content (AvgIpc) is 2.48. The predicted molar refractivity (Wildman–Crippen MR) is 78.3 cm³/mol. The lowest BCUT2D eigenvalue weighted by molar-refractivity contribution is -0.116. The molecule has 1 atom stereocenters. The van der Waals surface area contributed by atoms with Crippen LogP contribution in [-0.2, 0) is 11.2 Å². The molecule has 1 aromatic carbocycles. The number of amides is 1. The minimum Gasteiger partial charge on any atom is -0.439 e. The number of anilines is 1. The van der Waals surface area contributed by atoms with E-state index in [1.54, 1.807) is 31.3 Å². The summed E-state index contributed by atoms with van der Waals surface area (Å²) >= 11 is 0. The zero-order chi connectivity index (χ0) is 14.8. The largest absolute Gasteiger partial charge is 0.439 e. The Kier molecular flexibility index (Phi) is 3.58. The number of hydrogen-bond acceptors (Lipinski definition) is 4. The van der Waals surface area contributed by atoms with Gasteiger partial charge in [0.15, 0.2) is 0 Å². The number of aromatic nitrogens is 1. The van der Waals surface area contributed by atoms with Gasteiger partial charge in [-0.3, -0.25) is 4.79 Å². The molecule has 21 heavy (non-hydrogen) atoms. The van der Waals surface area contributed by atoms with Crippen LogP contribution in [0.4, 0.5) is 5.69 Å². The third-order valence-corrected chi connectivity index (χ3v) is 3.44. The summed E-state index contributed by atoms with van der Waals surface area (Å²) in [5, 5.41) is 12.4. The van der Waals surface area contributed by atoms with Gasteiger partial charge < -0.3 is 15.2 Å². The van der Waals surface area contributed by atoms with Gasteiger partial charge in [-0.15, -0.1) is 0 Å². The highest BCUT2D eigenvalue weighted by molar-refractivity contribution is 5.94. The molecule has 1 amide bonds. The van der Waals surface area contributed by atoms with Crippen molar-refractivity contribution in [3.63, 3.8) is 0 Å². The maximum atomic E-state index is 11.3. The molecular formula is C16H16N2O3. The van der Waals surface area contributed by atoms with Crippen LogP contribution in [0.1, 0.15) is 30.6 Å². The van der Waals surface area contributed by atoms with Crippen molar-refractivity contribution in [1.29, 1.82) is 0 Å². The topological polar surface area (TPSA) is 71.5 Å². The molecule has 2 heterocycles. The van der Waals surface area contributed by atoms with Crippen molar-refractivity contribution in [2.45, 2.75) is 25.9 Å². The summed E-state index contributed by atoms with van der Waals surface area (Å²) in [6.07, 6.45) is 2.25. The number of aryl methyl sites for hydroxylation is 1. The number of aliphatic hydroxyl groups is 1. The molecule has 0 bridgehead atoms. The average molecular weight is 284 g/mol. The maximum Gasteiger partial charge on any atom is 0.224 e. The molecule has 0 radical (unpaired) electrons. The van der Waals surface area contributed by atoms with Gasteiger partial charge >= 0.3 is 0 Å². The Morgan fingerprint density at radius 3 is 2.95 bits per heavy atom. The minimum absolute atomic E-state index is 0.0440. The van der Waals surface area contributed by atoms with Crippen molar-refractivity contribution in [2.75, 3.05) is 5.32 Å². The van der Waals surface area contributed by atoms with E-state index in [1.165, 1.54) is 0 Å². The monoisotopic (exact) mass is 284 g/mol. The quantitative estimate of drug-likeness (QED) is 0.909. The van der Waals surface area contributed by atoms with Crippen LogP contribution in [0.15, 0.2) is 36.5 Å². The lowest BCUT2D eigenvalue weighted by atomic mass is 10.0. The number of fused-ring (bicyclic) bond motifs is 1. The van der Waals surface area contributed by atoms with Crippen LogP contribution >= 0.6 is 0 Å². The zero-order valence-electron chi connectivity index (χ0n) is 11.7. The number of pyridine rings is 1. The molecule has 108 valence electrons. The Labute approximate surface area is 122 Å². The van der Waals surface area contributed by atoms with Gasteiger partial charge in [-0.25, -0.2) is 4.98 Å². The fourth-order valence-electron chi connectivity index (χ4n) is 2.28. The van der Waals surface area contributed by atoms with E-state index in [9.17, 15) is 9.90 Å². The van der Waals surface area contributed by atoms with Crippen molar-refractivity contribution < 1.29 is 14.6 Å². The number of ether oxygens (including phenoxy) is 1. The van der Waals surface area contributed by atoms with Gasteiger partial charge in [-0.1, -0.05) is 0 Å². The van der Waals surface area contributed by atoms with E-state index in [-0.39, 0.29) is 5.91 Å². The SMILES string of the molecule is C[C@@H](O)c1ccnc(Oc2ccc3c(c2)CCC(=O)N3)c1. The summed E-state index contributed by atoms with van der Waals surface area (Å²) in [5.74, 6) is 1.15. The summed E-state index contributed by atoms with van der Waals surface area (Å²) in [5.41, 5.74) is 2.65. The highest BCUT2D eigenvalue weighted by atomic mass is 16.5. The number of benzene rings is 1. The molecule has 0 unspecified atom stereocenters. The highest BCUT2D eigenvalue weighted by Crippen LogP contribution is 2.29. The lowest BCUT2D eigenvalue weighted by Gasteiger charge is -2.17. The number of nitrogens with zero attached hydrogens (tertiary/aromatic N) is 1. The van der Waals surface area contributed by atoms with Crippen LogP contribution in [0.2, 0.25) is 0 Å². The molecule has 5 nitrogen and oxygen atoms in total. The van der Waals surface area contributed by atoms with Crippen LogP contribution in [0.25, 0.3) is 0 Å². The zero-order valence-corrected chi connectivity index (χ0v) is 11.7. The van der Waals surface area contributed by atoms with Crippen LogP contribution in [0, 0.1) is 0 Å². The molecular weight excluding hydrogens is 268 g/mol. The predicted octanol–water partition coefficient (Wildman–Crippen LogP) is 2.81. The molecule has 0 spiro atoms. The molecule has 0 saturated carbocycles. The molecule has 2 aromatic rings. The normalized spacial score (nSPS) is 15.0. The minimum atomic E-state index is -0.561. The fraction of sp³-hybridized carbons (Fsp3) is 0.250. The first kappa shape index (κ1) is 13.6. The summed E-state index contributed by atoms with van der Waals surface area (Å²) in [6, 6.07) is 9.00. The highest BCUT2D eigenvalue weighted by Gasteiger charge is 2.15. The fourth-order valence-corrected chi connectivity index (χ4v) is 2.28. The summed E-state index contributed by atoms with van der Waals surface area (Å²) in [6.45, 7) is 1.70. The van der Waals surface area contributed by atoms with Crippen LogP contribution in [0.5, 0.6) is 11.6 Å². The molecule has 0 fully saturated rings. The van der Waals surface area contributed by atoms with Gasteiger partial charge in [0.2, 0.25) is 11.8 Å². The molecule has 1 aromatic heterocycles. The Morgan fingerprint density at radius 2 is 2.14 bits per heavy atom. The number of carbonyl (C=O) groups excluding carboxylic acids is 1. The number of rotatable bonds is 3. The number of hydrogen-bond donors (Lipinski definition) is 2. The molecule has 1 aliphatic rings. The number of aliphatic hydroxyl groups excluding tert-OH is 1. The Morgan fingerprint density at radius 1 is 1.29 bits per heavy atom. The Balaban J connectivity index is 1.82. The summed E-state index contributed by atoms with van der Waals surface area (Å²) < 4.78 is 5.73. The Hall–Kier alpha value is -2.40. The second-order valence-electron chi connectivity index (χ2n) is 5.07. The van der Waals surface area contributed by atoms with Gasteiger partial charge in [-0.2, -0.15) is 0 Å². The standard InChI is InChI=1S/C16H16N2O3/c1-10(19)11-6-7-17-16(9-11)21-13-3-4-14-12(8-13)2-5-15(20)18-14/h3-4,6-10,19H,2,5H2,1H3,(H,18,20)/t10-/m1/s1. The summed E-state index contributed by atoms with van der Waals surface area (Å²) in [4.78, 5) is 15.5. The van der Waals surface area contributed by atoms with Crippen LogP contribution in [0.3, 0.4) is 0 Å². The van der Waals surface area contributed by atoms with Crippen molar-refractivity contribution in [2.24, 2.45) is 0 Å². The molecule has 0 aliphatic carbocycles. The Bertz CT molecular complexity index is 683. The van der Waals surface area contributed by atoms with E-state index in [0.717, 1.165) is 16.8 Å².